The summed E-state index contributed by atoms with van der Waals surface area (Å²) in [4.78, 5) is 2.37. The molecule has 0 aliphatic carbocycles. The van der Waals surface area contributed by atoms with Gasteiger partial charge in [-0.1, -0.05) is 0 Å². The molecular formula is C16H28N2OS. The number of rotatable bonds is 6. The van der Waals surface area contributed by atoms with Crippen molar-refractivity contribution < 1.29 is 4.74 Å². The molecule has 1 N–H and O–H groups in total. The third-order valence-corrected chi connectivity index (χ3v) is 4.34. The zero-order valence-electron chi connectivity index (χ0n) is 13.2. The first-order chi connectivity index (χ1) is 9.42. The Balaban J connectivity index is 1.67. The van der Waals surface area contributed by atoms with Gasteiger partial charge in [0, 0.05) is 25.2 Å². The van der Waals surface area contributed by atoms with Crippen LogP contribution >= 0.6 is 11.3 Å². The van der Waals surface area contributed by atoms with Crippen LogP contribution in [0, 0.1) is 0 Å². The molecule has 2 unspecified atom stereocenters. The Morgan fingerprint density at radius 2 is 2.10 bits per heavy atom. The Morgan fingerprint density at radius 3 is 2.75 bits per heavy atom. The van der Waals surface area contributed by atoms with Crippen LogP contribution in [0.25, 0.3) is 0 Å². The van der Waals surface area contributed by atoms with Crippen molar-refractivity contribution in [2.45, 2.75) is 57.9 Å². The fraction of sp³-hybridized carbons (Fsp3) is 0.750. The monoisotopic (exact) mass is 296 g/mol. The Morgan fingerprint density at radius 1 is 1.35 bits per heavy atom. The summed E-state index contributed by atoms with van der Waals surface area (Å²) in [7, 11) is 2.18. The molecule has 1 fully saturated rings. The topological polar surface area (TPSA) is 24.5 Å². The highest BCUT2D eigenvalue weighted by Crippen LogP contribution is 2.21. The van der Waals surface area contributed by atoms with Crippen LogP contribution in [0.4, 0.5) is 0 Å². The van der Waals surface area contributed by atoms with Crippen molar-refractivity contribution >= 4 is 11.3 Å². The minimum Gasteiger partial charge on any atom is -0.372 e. The average molecular weight is 296 g/mol. The molecule has 1 saturated heterocycles. The van der Waals surface area contributed by atoms with Gasteiger partial charge in [0.25, 0.3) is 0 Å². The van der Waals surface area contributed by atoms with Crippen molar-refractivity contribution in [2.75, 3.05) is 20.1 Å². The molecule has 114 valence electrons. The molecule has 2 rings (SSSR count). The predicted molar refractivity (Wildman–Crippen MR) is 86.3 cm³/mol. The third-order valence-electron chi connectivity index (χ3n) is 3.60. The van der Waals surface area contributed by atoms with Gasteiger partial charge in [-0.05, 0) is 63.1 Å². The minimum absolute atomic E-state index is 0.178. The summed E-state index contributed by atoms with van der Waals surface area (Å²) >= 11 is 1.77. The largest absolute Gasteiger partial charge is 0.372 e. The first-order valence-electron chi connectivity index (χ1n) is 7.52. The van der Waals surface area contributed by atoms with Crippen molar-refractivity contribution in [2.24, 2.45) is 0 Å². The highest BCUT2D eigenvalue weighted by Gasteiger charge is 2.26. The molecule has 20 heavy (non-hydrogen) atoms. The van der Waals surface area contributed by atoms with E-state index in [2.05, 4.69) is 54.9 Å². The van der Waals surface area contributed by atoms with Gasteiger partial charge in [-0.3, -0.25) is 4.90 Å². The van der Waals surface area contributed by atoms with E-state index in [0.29, 0.717) is 12.2 Å². The smallest absolute Gasteiger partial charge is 0.0707 e. The molecule has 0 bridgehead atoms. The average Bonchev–Trinajstić information content (AvgIpc) is 2.97. The second kappa shape index (κ2) is 7.03. The summed E-state index contributed by atoms with van der Waals surface area (Å²) in [6, 6.07) is 2.20. The lowest BCUT2D eigenvalue weighted by Crippen LogP contribution is -2.41. The summed E-state index contributed by atoms with van der Waals surface area (Å²) < 4.78 is 6.15. The second-order valence-corrected chi connectivity index (χ2v) is 7.70. The van der Waals surface area contributed by atoms with E-state index in [0.717, 1.165) is 19.6 Å². The molecule has 0 saturated carbocycles. The van der Waals surface area contributed by atoms with Gasteiger partial charge >= 0.3 is 0 Å². The van der Waals surface area contributed by atoms with Gasteiger partial charge in [0.15, 0.2) is 0 Å². The second-order valence-electron chi connectivity index (χ2n) is 6.92. The van der Waals surface area contributed by atoms with E-state index < -0.39 is 0 Å². The molecule has 2 atom stereocenters. The predicted octanol–water partition coefficient (Wildman–Crippen LogP) is 3.12. The van der Waals surface area contributed by atoms with Crippen molar-refractivity contribution in [1.29, 1.82) is 0 Å². The standard InChI is InChI=1S/C16H28N2OS/c1-16(2,3)17-9-14-5-6-15(19-14)11-18(4)10-13-7-8-20-12-13/h7-8,12,14-15,17H,5-6,9-11H2,1-4H3. The third kappa shape index (κ3) is 5.52. The maximum atomic E-state index is 6.15. The molecule has 0 radical (unpaired) electrons. The van der Waals surface area contributed by atoms with Crippen LogP contribution in [-0.2, 0) is 11.3 Å². The Kier molecular flexibility index (Phi) is 5.61. The van der Waals surface area contributed by atoms with Gasteiger partial charge in [-0.15, -0.1) is 0 Å². The molecule has 0 amide bonds. The van der Waals surface area contributed by atoms with Crippen LogP contribution in [0.2, 0.25) is 0 Å². The van der Waals surface area contributed by atoms with Gasteiger partial charge < -0.3 is 10.1 Å². The molecule has 1 aromatic heterocycles. The quantitative estimate of drug-likeness (QED) is 0.873. The summed E-state index contributed by atoms with van der Waals surface area (Å²) in [6.45, 7) is 9.63. The van der Waals surface area contributed by atoms with E-state index in [9.17, 15) is 0 Å². The Bertz CT molecular complexity index is 386. The van der Waals surface area contributed by atoms with E-state index in [1.54, 1.807) is 11.3 Å². The zero-order valence-corrected chi connectivity index (χ0v) is 14.0. The highest BCUT2D eigenvalue weighted by molar-refractivity contribution is 7.07. The van der Waals surface area contributed by atoms with Gasteiger partial charge in [-0.25, -0.2) is 0 Å². The molecular weight excluding hydrogens is 268 g/mol. The van der Waals surface area contributed by atoms with Crippen LogP contribution in [-0.4, -0.2) is 42.8 Å². The molecule has 1 aliphatic rings. The molecule has 3 nitrogen and oxygen atoms in total. The fourth-order valence-corrected chi connectivity index (χ4v) is 3.25. The first-order valence-corrected chi connectivity index (χ1v) is 8.47. The highest BCUT2D eigenvalue weighted by atomic mass is 32.1. The minimum atomic E-state index is 0.178. The van der Waals surface area contributed by atoms with Gasteiger partial charge in [0.2, 0.25) is 0 Å². The van der Waals surface area contributed by atoms with Crippen molar-refractivity contribution in [3.63, 3.8) is 0 Å². The van der Waals surface area contributed by atoms with Crippen LogP contribution in [0.15, 0.2) is 16.8 Å². The molecule has 0 aromatic carbocycles. The SMILES string of the molecule is CN(Cc1ccsc1)CC1CCC(CNC(C)(C)C)O1. The van der Waals surface area contributed by atoms with E-state index in [-0.39, 0.29) is 5.54 Å². The summed E-state index contributed by atoms with van der Waals surface area (Å²) in [5.74, 6) is 0. The van der Waals surface area contributed by atoms with E-state index in [1.807, 2.05) is 0 Å². The van der Waals surface area contributed by atoms with Crippen molar-refractivity contribution in [3.8, 4) is 0 Å². The van der Waals surface area contributed by atoms with Crippen LogP contribution < -0.4 is 5.32 Å². The van der Waals surface area contributed by atoms with Crippen molar-refractivity contribution in [3.05, 3.63) is 22.4 Å². The normalized spacial score (nSPS) is 23.6. The molecule has 2 heterocycles. The Hall–Kier alpha value is -0.420. The maximum absolute atomic E-state index is 6.15. The Labute approximate surface area is 127 Å². The first kappa shape index (κ1) is 16.0. The molecule has 1 aliphatic heterocycles. The maximum Gasteiger partial charge on any atom is 0.0707 e. The summed E-state index contributed by atoms with van der Waals surface area (Å²) in [5, 5.41) is 7.90. The van der Waals surface area contributed by atoms with Crippen molar-refractivity contribution in [1.82, 2.24) is 10.2 Å². The number of hydrogen-bond acceptors (Lipinski definition) is 4. The lowest BCUT2D eigenvalue weighted by atomic mass is 10.1. The number of thiophene rings is 1. The van der Waals surface area contributed by atoms with Gasteiger partial charge in [-0.2, -0.15) is 11.3 Å². The summed E-state index contributed by atoms with van der Waals surface area (Å²) in [6.07, 6.45) is 3.14. The summed E-state index contributed by atoms with van der Waals surface area (Å²) in [5.41, 5.74) is 1.58. The van der Waals surface area contributed by atoms with Gasteiger partial charge in [0.1, 0.15) is 0 Å². The van der Waals surface area contributed by atoms with E-state index in [4.69, 9.17) is 4.74 Å². The lowest BCUT2D eigenvalue weighted by Gasteiger charge is -2.24. The number of nitrogens with zero attached hydrogens (tertiary/aromatic N) is 1. The number of ether oxygens (including phenoxy) is 1. The lowest BCUT2D eigenvalue weighted by molar-refractivity contribution is 0.0241. The number of hydrogen-bond donors (Lipinski definition) is 1. The van der Waals surface area contributed by atoms with E-state index >= 15 is 0 Å². The molecule has 0 spiro atoms. The number of likely N-dealkylation sites (N-methyl/N-ethyl adjacent to an activating group) is 1. The molecule has 4 heteroatoms. The molecule has 1 aromatic rings. The zero-order chi connectivity index (χ0) is 14.6. The van der Waals surface area contributed by atoms with Gasteiger partial charge in [0.05, 0.1) is 12.2 Å². The van der Waals surface area contributed by atoms with Crippen LogP contribution in [0.5, 0.6) is 0 Å². The van der Waals surface area contributed by atoms with E-state index in [1.165, 1.54) is 18.4 Å². The van der Waals surface area contributed by atoms with Crippen LogP contribution in [0.3, 0.4) is 0 Å². The van der Waals surface area contributed by atoms with Crippen LogP contribution in [0.1, 0.15) is 39.2 Å². The number of nitrogens with one attached hydrogen (secondary N) is 1. The fourth-order valence-electron chi connectivity index (χ4n) is 2.59.